The van der Waals surface area contributed by atoms with Crippen LogP contribution in [0.3, 0.4) is 0 Å². The lowest BCUT2D eigenvalue weighted by Crippen LogP contribution is -2.46. The van der Waals surface area contributed by atoms with Crippen molar-refractivity contribution in [3.05, 3.63) is 83.6 Å². The number of nitrogens with zero attached hydrogens (tertiary/aromatic N) is 2. The van der Waals surface area contributed by atoms with Crippen LogP contribution in [-0.2, 0) is 6.54 Å². The van der Waals surface area contributed by atoms with E-state index >= 15 is 0 Å². The Morgan fingerprint density at radius 2 is 1.94 bits per heavy atom. The molecule has 4 rings (SSSR count). The number of ether oxygens (including phenoxy) is 2. The zero-order chi connectivity index (χ0) is 22.3. The predicted molar refractivity (Wildman–Crippen MR) is 124 cm³/mol. The number of benzene rings is 2. The number of anilines is 1. The second-order valence-electron chi connectivity index (χ2n) is 7.60. The average Bonchev–Trinajstić information content (AvgIpc) is 2.87. The molecule has 0 radical (unpaired) electrons. The first-order chi connectivity index (χ1) is 15.7. The van der Waals surface area contributed by atoms with Gasteiger partial charge >= 0.3 is 0 Å². The number of hydrogen-bond donors (Lipinski definition) is 2. The first-order valence-corrected chi connectivity index (χ1v) is 10.7. The molecule has 0 spiro atoms. The van der Waals surface area contributed by atoms with E-state index in [4.69, 9.17) is 9.47 Å². The number of piperazine rings is 1. The number of nitrogens with one attached hydrogen (secondary N) is 2. The van der Waals surface area contributed by atoms with Crippen LogP contribution >= 0.6 is 0 Å². The molecule has 1 fully saturated rings. The third kappa shape index (κ3) is 5.00. The van der Waals surface area contributed by atoms with E-state index in [9.17, 15) is 4.79 Å². The maximum Gasteiger partial charge on any atom is 0.270 e. The SMILES string of the molecule is COc1ccc(OC)c(CNC(=O)c2cccc(N3CCN[C@@H](c4ccccc4)C3)n2)c1. The number of rotatable bonds is 7. The third-order valence-electron chi connectivity index (χ3n) is 5.60. The molecule has 166 valence electrons. The van der Waals surface area contributed by atoms with Crippen molar-refractivity contribution in [1.29, 1.82) is 0 Å². The molecular weight excluding hydrogens is 404 g/mol. The van der Waals surface area contributed by atoms with Gasteiger partial charge in [-0.3, -0.25) is 4.79 Å². The van der Waals surface area contributed by atoms with Gasteiger partial charge in [0.2, 0.25) is 0 Å². The Morgan fingerprint density at radius 1 is 1.09 bits per heavy atom. The molecule has 1 atom stereocenters. The maximum atomic E-state index is 12.8. The molecule has 1 amide bonds. The monoisotopic (exact) mass is 432 g/mol. The molecule has 0 bridgehead atoms. The fraction of sp³-hybridized carbons (Fsp3) is 0.280. The summed E-state index contributed by atoms with van der Waals surface area (Å²) < 4.78 is 10.7. The Bertz CT molecular complexity index is 1060. The second kappa shape index (κ2) is 10.2. The standard InChI is InChI=1S/C25H28N4O3/c1-31-20-11-12-23(32-2)19(15-20)16-27-25(30)21-9-6-10-24(28-21)29-14-13-26-22(17-29)18-7-4-3-5-8-18/h3-12,15,22,26H,13-14,16-17H2,1-2H3,(H,27,30)/t22-/m1/s1. The summed E-state index contributed by atoms with van der Waals surface area (Å²) in [4.78, 5) is 19.7. The summed E-state index contributed by atoms with van der Waals surface area (Å²) in [7, 11) is 3.21. The Morgan fingerprint density at radius 3 is 2.72 bits per heavy atom. The molecule has 2 heterocycles. The van der Waals surface area contributed by atoms with Gasteiger partial charge in [-0.2, -0.15) is 0 Å². The third-order valence-corrected chi connectivity index (χ3v) is 5.60. The Kier molecular flexibility index (Phi) is 6.87. The first kappa shape index (κ1) is 21.6. The molecule has 32 heavy (non-hydrogen) atoms. The highest BCUT2D eigenvalue weighted by molar-refractivity contribution is 5.92. The lowest BCUT2D eigenvalue weighted by molar-refractivity contribution is 0.0945. The van der Waals surface area contributed by atoms with Crippen LogP contribution in [0.15, 0.2) is 66.7 Å². The molecule has 1 aliphatic rings. The van der Waals surface area contributed by atoms with Gasteiger partial charge in [0.05, 0.1) is 14.2 Å². The molecule has 0 saturated carbocycles. The lowest BCUT2D eigenvalue weighted by atomic mass is 10.0. The topological polar surface area (TPSA) is 75.7 Å². The first-order valence-electron chi connectivity index (χ1n) is 10.7. The average molecular weight is 433 g/mol. The summed E-state index contributed by atoms with van der Waals surface area (Å²) >= 11 is 0. The highest BCUT2D eigenvalue weighted by Gasteiger charge is 2.22. The van der Waals surface area contributed by atoms with E-state index in [0.717, 1.165) is 31.0 Å². The van der Waals surface area contributed by atoms with E-state index < -0.39 is 0 Å². The molecule has 2 aromatic carbocycles. The van der Waals surface area contributed by atoms with Gasteiger partial charge in [-0.15, -0.1) is 0 Å². The summed E-state index contributed by atoms with van der Waals surface area (Å²) in [5.41, 5.74) is 2.47. The number of amides is 1. The van der Waals surface area contributed by atoms with Crippen molar-refractivity contribution in [2.45, 2.75) is 12.6 Å². The number of pyridine rings is 1. The number of aromatic nitrogens is 1. The number of carbonyl (C=O) groups is 1. The van der Waals surface area contributed by atoms with Gasteiger partial charge in [0.25, 0.3) is 5.91 Å². The zero-order valence-electron chi connectivity index (χ0n) is 18.4. The Balaban J connectivity index is 1.44. The van der Waals surface area contributed by atoms with Gasteiger partial charge in [0.1, 0.15) is 23.0 Å². The molecule has 1 aromatic heterocycles. The quantitative estimate of drug-likeness (QED) is 0.597. The zero-order valence-corrected chi connectivity index (χ0v) is 18.4. The minimum Gasteiger partial charge on any atom is -0.497 e. The van der Waals surface area contributed by atoms with Crippen molar-refractivity contribution in [2.75, 3.05) is 38.8 Å². The Labute approximate surface area is 188 Å². The second-order valence-corrected chi connectivity index (χ2v) is 7.60. The van der Waals surface area contributed by atoms with Crippen LogP contribution in [0.2, 0.25) is 0 Å². The van der Waals surface area contributed by atoms with E-state index in [0.29, 0.717) is 23.7 Å². The normalized spacial score (nSPS) is 15.8. The molecule has 0 aliphatic carbocycles. The van der Waals surface area contributed by atoms with Crippen LogP contribution in [0.25, 0.3) is 0 Å². The molecular formula is C25H28N4O3. The number of carbonyl (C=O) groups excluding carboxylic acids is 1. The van der Waals surface area contributed by atoms with Gasteiger partial charge in [-0.25, -0.2) is 4.98 Å². The molecule has 1 saturated heterocycles. The van der Waals surface area contributed by atoms with Crippen LogP contribution in [-0.4, -0.2) is 44.7 Å². The summed E-state index contributed by atoms with van der Waals surface area (Å²) in [5, 5.41) is 6.50. The van der Waals surface area contributed by atoms with Gasteiger partial charge in [0, 0.05) is 37.8 Å². The molecule has 2 N–H and O–H groups in total. The van der Waals surface area contributed by atoms with Crippen molar-refractivity contribution >= 4 is 11.7 Å². The van der Waals surface area contributed by atoms with Crippen molar-refractivity contribution in [3.8, 4) is 11.5 Å². The maximum absolute atomic E-state index is 12.8. The summed E-state index contributed by atoms with van der Waals surface area (Å²) in [6, 6.07) is 21.7. The minimum absolute atomic E-state index is 0.227. The highest BCUT2D eigenvalue weighted by atomic mass is 16.5. The van der Waals surface area contributed by atoms with Crippen LogP contribution in [0.1, 0.15) is 27.7 Å². The van der Waals surface area contributed by atoms with Crippen LogP contribution in [0.4, 0.5) is 5.82 Å². The van der Waals surface area contributed by atoms with Crippen molar-refractivity contribution in [3.63, 3.8) is 0 Å². The van der Waals surface area contributed by atoms with Crippen molar-refractivity contribution in [1.82, 2.24) is 15.6 Å². The highest BCUT2D eigenvalue weighted by Crippen LogP contribution is 2.24. The minimum atomic E-state index is -0.230. The fourth-order valence-electron chi connectivity index (χ4n) is 3.88. The summed E-state index contributed by atoms with van der Waals surface area (Å²) in [6.45, 7) is 2.80. The van der Waals surface area contributed by atoms with E-state index in [1.807, 2.05) is 36.4 Å². The van der Waals surface area contributed by atoms with Gasteiger partial charge < -0.3 is 25.0 Å². The van der Waals surface area contributed by atoms with Crippen LogP contribution < -0.4 is 25.0 Å². The molecule has 3 aromatic rings. The Hall–Kier alpha value is -3.58. The largest absolute Gasteiger partial charge is 0.497 e. The molecule has 1 aliphatic heterocycles. The molecule has 0 unspecified atom stereocenters. The van der Waals surface area contributed by atoms with E-state index in [-0.39, 0.29) is 11.9 Å². The smallest absolute Gasteiger partial charge is 0.270 e. The van der Waals surface area contributed by atoms with Crippen LogP contribution in [0, 0.1) is 0 Å². The van der Waals surface area contributed by atoms with Gasteiger partial charge in [0.15, 0.2) is 0 Å². The van der Waals surface area contributed by atoms with Gasteiger partial charge in [-0.05, 0) is 35.9 Å². The van der Waals surface area contributed by atoms with E-state index in [2.05, 4.69) is 44.8 Å². The lowest BCUT2D eigenvalue weighted by Gasteiger charge is -2.35. The fourth-order valence-corrected chi connectivity index (χ4v) is 3.88. The molecule has 7 heteroatoms. The van der Waals surface area contributed by atoms with Crippen LogP contribution in [0.5, 0.6) is 11.5 Å². The van der Waals surface area contributed by atoms with E-state index in [1.54, 1.807) is 20.3 Å². The van der Waals surface area contributed by atoms with Crippen molar-refractivity contribution < 1.29 is 14.3 Å². The van der Waals surface area contributed by atoms with Crippen molar-refractivity contribution in [2.24, 2.45) is 0 Å². The van der Waals surface area contributed by atoms with Gasteiger partial charge in [-0.1, -0.05) is 36.4 Å². The number of methoxy groups -OCH3 is 2. The number of hydrogen-bond acceptors (Lipinski definition) is 6. The summed E-state index contributed by atoms with van der Waals surface area (Å²) in [6.07, 6.45) is 0. The summed E-state index contributed by atoms with van der Waals surface area (Å²) in [5.74, 6) is 1.98. The van der Waals surface area contributed by atoms with E-state index in [1.165, 1.54) is 5.56 Å². The predicted octanol–water partition coefficient (Wildman–Crippen LogP) is 3.18. The molecule has 7 nitrogen and oxygen atoms in total.